The molecule has 3 rings (SSSR count). The summed E-state index contributed by atoms with van der Waals surface area (Å²) in [6.45, 7) is 1.05. The quantitative estimate of drug-likeness (QED) is 0.775. The lowest BCUT2D eigenvalue weighted by Gasteiger charge is -2.11. The first-order chi connectivity index (χ1) is 10.7. The number of hydrogen-bond donors (Lipinski definition) is 2. The van der Waals surface area contributed by atoms with E-state index in [-0.39, 0.29) is 24.8 Å². The van der Waals surface area contributed by atoms with Gasteiger partial charge >= 0.3 is 0 Å². The van der Waals surface area contributed by atoms with E-state index in [0.29, 0.717) is 18.3 Å². The maximum Gasteiger partial charge on any atom is 0.274 e. The molecule has 2 aromatic heterocycles. The lowest BCUT2D eigenvalue weighted by atomic mass is 10.2. The van der Waals surface area contributed by atoms with Crippen LogP contribution >= 0.6 is 11.3 Å². The molecule has 0 bridgehead atoms. The second kappa shape index (κ2) is 7.04. The summed E-state index contributed by atoms with van der Waals surface area (Å²) >= 11 is 1.47. The van der Waals surface area contributed by atoms with Gasteiger partial charge in [0.05, 0.1) is 17.6 Å². The minimum atomic E-state index is -0.722. The van der Waals surface area contributed by atoms with Crippen LogP contribution in [0.4, 0.5) is 0 Å². The number of ether oxygens (including phenoxy) is 1. The first-order valence-corrected chi connectivity index (χ1v) is 8.13. The van der Waals surface area contributed by atoms with Gasteiger partial charge < -0.3 is 19.6 Å². The first kappa shape index (κ1) is 15.2. The summed E-state index contributed by atoms with van der Waals surface area (Å²) < 4.78 is 10.7. The Morgan fingerprint density at radius 1 is 1.59 bits per heavy atom. The van der Waals surface area contributed by atoms with Crippen molar-refractivity contribution in [2.45, 2.75) is 18.9 Å². The van der Waals surface area contributed by atoms with Crippen molar-refractivity contribution in [3.8, 4) is 10.6 Å². The van der Waals surface area contributed by atoms with Gasteiger partial charge in [-0.15, -0.1) is 11.3 Å². The molecule has 2 aromatic rings. The average molecular weight is 322 g/mol. The molecular formula is C15H18N2O4S. The molecular weight excluding hydrogens is 304 g/mol. The van der Waals surface area contributed by atoms with Gasteiger partial charge in [-0.2, -0.15) is 0 Å². The highest BCUT2D eigenvalue weighted by atomic mass is 32.1. The SMILES string of the molecule is O=C(NCC(O)COCC1CC1)c1ncoc1-c1cccs1. The van der Waals surface area contributed by atoms with E-state index in [0.717, 1.165) is 4.88 Å². The number of aliphatic hydroxyl groups excluding tert-OH is 1. The van der Waals surface area contributed by atoms with Crippen molar-refractivity contribution in [3.63, 3.8) is 0 Å². The molecule has 0 saturated heterocycles. The molecule has 1 saturated carbocycles. The highest BCUT2D eigenvalue weighted by molar-refractivity contribution is 7.13. The molecule has 22 heavy (non-hydrogen) atoms. The van der Waals surface area contributed by atoms with E-state index in [1.165, 1.54) is 30.6 Å². The van der Waals surface area contributed by atoms with Crippen molar-refractivity contribution < 1.29 is 19.1 Å². The third kappa shape index (κ3) is 3.94. The summed E-state index contributed by atoms with van der Waals surface area (Å²) in [5, 5.41) is 14.4. The standard InChI is InChI=1S/C15H18N2O4S/c18-11(8-20-7-10-3-4-10)6-16-15(19)13-14(21-9-17-13)12-2-1-5-22-12/h1-2,5,9-11,18H,3-4,6-8H2,(H,16,19). The third-order valence-corrected chi connectivity index (χ3v) is 4.26. The number of aromatic nitrogens is 1. The highest BCUT2D eigenvalue weighted by Gasteiger charge is 2.22. The predicted molar refractivity (Wildman–Crippen MR) is 81.7 cm³/mol. The largest absolute Gasteiger partial charge is 0.442 e. The highest BCUT2D eigenvalue weighted by Crippen LogP contribution is 2.29. The van der Waals surface area contributed by atoms with Crippen molar-refractivity contribution in [1.82, 2.24) is 10.3 Å². The normalized spacial score (nSPS) is 15.7. The number of hydrogen-bond acceptors (Lipinski definition) is 6. The minimum absolute atomic E-state index is 0.125. The number of oxazole rings is 1. The molecule has 1 unspecified atom stereocenters. The molecule has 2 heterocycles. The maximum absolute atomic E-state index is 12.1. The molecule has 6 nitrogen and oxygen atoms in total. The number of nitrogens with one attached hydrogen (secondary N) is 1. The fourth-order valence-electron chi connectivity index (χ4n) is 2.00. The van der Waals surface area contributed by atoms with Crippen molar-refractivity contribution in [2.24, 2.45) is 5.92 Å². The van der Waals surface area contributed by atoms with Crippen molar-refractivity contribution in [1.29, 1.82) is 0 Å². The molecule has 0 aromatic carbocycles. The first-order valence-electron chi connectivity index (χ1n) is 7.25. The zero-order chi connectivity index (χ0) is 15.4. The predicted octanol–water partition coefficient (Wildman–Crippen LogP) is 1.92. The Morgan fingerprint density at radius 3 is 3.18 bits per heavy atom. The summed E-state index contributed by atoms with van der Waals surface area (Å²) in [6.07, 6.45) is 2.95. The van der Waals surface area contributed by atoms with Gasteiger partial charge in [0.1, 0.15) is 0 Å². The molecule has 7 heteroatoms. The molecule has 1 atom stereocenters. The zero-order valence-electron chi connectivity index (χ0n) is 12.0. The van der Waals surface area contributed by atoms with E-state index in [1.807, 2.05) is 17.5 Å². The summed E-state index contributed by atoms with van der Waals surface area (Å²) in [6, 6.07) is 3.74. The van der Waals surface area contributed by atoms with Crippen LogP contribution in [0, 0.1) is 5.92 Å². The third-order valence-electron chi connectivity index (χ3n) is 3.39. The van der Waals surface area contributed by atoms with Crippen molar-refractivity contribution in [2.75, 3.05) is 19.8 Å². The number of carbonyl (C=O) groups excluding carboxylic acids is 1. The van der Waals surface area contributed by atoms with Crippen LogP contribution in [-0.4, -0.2) is 41.9 Å². The van der Waals surface area contributed by atoms with Gasteiger partial charge in [-0.1, -0.05) is 6.07 Å². The fourth-order valence-corrected chi connectivity index (χ4v) is 2.71. The lowest BCUT2D eigenvalue weighted by molar-refractivity contribution is 0.0320. The number of amides is 1. The molecule has 0 spiro atoms. The van der Waals surface area contributed by atoms with Gasteiger partial charge in [-0.05, 0) is 30.2 Å². The molecule has 118 valence electrons. The molecule has 0 aliphatic heterocycles. The number of thiophene rings is 1. The molecule has 1 aliphatic rings. The Morgan fingerprint density at radius 2 is 2.45 bits per heavy atom. The summed E-state index contributed by atoms with van der Waals surface area (Å²) in [5.74, 6) is 0.746. The van der Waals surface area contributed by atoms with Crippen molar-refractivity contribution >= 4 is 17.2 Å². The van der Waals surface area contributed by atoms with Gasteiger partial charge in [0.25, 0.3) is 5.91 Å². The Balaban J connectivity index is 1.48. The minimum Gasteiger partial charge on any atom is -0.442 e. The van der Waals surface area contributed by atoms with Crippen LogP contribution in [0.1, 0.15) is 23.3 Å². The van der Waals surface area contributed by atoms with E-state index < -0.39 is 6.10 Å². The number of rotatable bonds is 8. The summed E-state index contributed by atoms with van der Waals surface area (Å²) in [7, 11) is 0. The van der Waals surface area contributed by atoms with Crippen LogP contribution in [0.3, 0.4) is 0 Å². The van der Waals surface area contributed by atoms with Gasteiger partial charge in [0, 0.05) is 13.2 Å². The van der Waals surface area contributed by atoms with Crippen LogP contribution in [-0.2, 0) is 4.74 Å². The van der Waals surface area contributed by atoms with Crippen LogP contribution in [0.15, 0.2) is 28.3 Å². The van der Waals surface area contributed by atoms with Gasteiger partial charge in [-0.3, -0.25) is 4.79 Å². The van der Waals surface area contributed by atoms with Gasteiger partial charge in [0.2, 0.25) is 0 Å². The van der Waals surface area contributed by atoms with E-state index in [4.69, 9.17) is 9.15 Å². The Kier molecular flexibility index (Phi) is 4.87. The molecule has 1 fully saturated rings. The Bertz CT molecular complexity index is 607. The lowest BCUT2D eigenvalue weighted by Crippen LogP contribution is -2.35. The maximum atomic E-state index is 12.1. The number of carbonyl (C=O) groups is 1. The van der Waals surface area contributed by atoms with Crippen LogP contribution in [0.2, 0.25) is 0 Å². The summed E-state index contributed by atoms with van der Waals surface area (Å²) in [4.78, 5) is 16.9. The Hall–Kier alpha value is -1.70. The fraction of sp³-hybridized carbons (Fsp3) is 0.467. The second-order valence-corrected chi connectivity index (χ2v) is 6.30. The molecule has 2 N–H and O–H groups in total. The van der Waals surface area contributed by atoms with E-state index in [1.54, 1.807) is 0 Å². The van der Waals surface area contributed by atoms with E-state index >= 15 is 0 Å². The Labute approximate surface area is 132 Å². The monoisotopic (exact) mass is 322 g/mol. The second-order valence-electron chi connectivity index (χ2n) is 5.35. The van der Waals surface area contributed by atoms with Gasteiger partial charge in [-0.25, -0.2) is 4.98 Å². The molecule has 0 radical (unpaired) electrons. The number of nitrogens with zero attached hydrogens (tertiary/aromatic N) is 1. The van der Waals surface area contributed by atoms with Crippen LogP contribution < -0.4 is 5.32 Å². The van der Waals surface area contributed by atoms with Crippen molar-refractivity contribution in [3.05, 3.63) is 29.6 Å². The van der Waals surface area contributed by atoms with Crippen LogP contribution in [0.25, 0.3) is 10.6 Å². The zero-order valence-corrected chi connectivity index (χ0v) is 12.8. The van der Waals surface area contributed by atoms with E-state index in [2.05, 4.69) is 10.3 Å². The average Bonchev–Trinajstić information content (AvgIpc) is 3.01. The topological polar surface area (TPSA) is 84.6 Å². The summed E-state index contributed by atoms with van der Waals surface area (Å²) in [5.41, 5.74) is 0.230. The molecule has 1 amide bonds. The van der Waals surface area contributed by atoms with Crippen LogP contribution in [0.5, 0.6) is 0 Å². The van der Waals surface area contributed by atoms with Gasteiger partial charge in [0.15, 0.2) is 17.8 Å². The smallest absolute Gasteiger partial charge is 0.274 e. The molecule has 1 aliphatic carbocycles. The number of aliphatic hydroxyl groups is 1. The van der Waals surface area contributed by atoms with E-state index in [9.17, 15) is 9.90 Å².